The van der Waals surface area contributed by atoms with Gasteiger partial charge in [-0.25, -0.2) is 0 Å². The summed E-state index contributed by atoms with van der Waals surface area (Å²) in [6, 6.07) is 0. The summed E-state index contributed by atoms with van der Waals surface area (Å²) < 4.78 is 10.2. The van der Waals surface area contributed by atoms with E-state index in [2.05, 4.69) is 0 Å². The smallest absolute Gasteiger partial charge is 0.183 e. The van der Waals surface area contributed by atoms with E-state index in [9.17, 15) is 5.11 Å². The van der Waals surface area contributed by atoms with Crippen LogP contribution in [0.4, 0.5) is 0 Å². The number of rotatable bonds is 2. The summed E-state index contributed by atoms with van der Waals surface area (Å²) in [6.45, 7) is 1.92. The first-order chi connectivity index (χ1) is 5.69. The third-order valence-corrected chi connectivity index (χ3v) is 2.28. The number of hydrogen-bond acceptors (Lipinski definition) is 4. The molecule has 0 spiro atoms. The zero-order valence-electron chi connectivity index (χ0n) is 7.43. The van der Waals surface area contributed by atoms with Crippen LogP contribution in [0.3, 0.4) is 0 Å². The topological polar surface area (TPSA) is 58.9 Å². The molecule has 1 saturated heterocycles. The van der Waals surface area contributed by atoms with Gasteiger partial charge in [0.25, 0.3) is 0 Å². The molecule has 0 aromatic heterocycles. The van der Waals surface area contributed by atoms with Crippen LogP contribution in [0.5, 0.6) is 0 Å². The minimum absolute atomic E-state index is 0.0201. The number of methoxy groups -OCH3 is 1. The first kappa shape index (κ1) is 9.92. The third-order valence-electron chi connectivity index (χ3n) is 2.28. The molecule has 1 aliphatic heterocycles. The Hall–Kier alpha value is -0.160. The van der Waals surface area contributed by atoms with Crippen LogP contribution in [0, 0.1) is 5.92 Å². The molecule has 4 heteroatoms. The van der Waals surface area contributed by atoms with E-state index >= 15 is 0 Å². The molecule has 12 heavy (non-hydrogen) atoms. The number of ether oxygens (including phenoxy) is 2. The second-order valence-corrected chi connectivity index (χ2v) is 3.24. The van der Waals surface area contributed by atoms with E-state index in [0.29, 0.717) is 6.42 Å². The fourth-order valence-electron chi connectivity index (χ4n) is 1.48. The summed E-state index contributed by atoms with van der Waals surface area (Å²) in [6.07, 6.45) is -0.756. The van der Waals surface area contributed by atoms with Gasteiger partial charge >= 0.3 is 0 Å². The Morgan fingerprint density at radius 2 is 2.25 bits per heavy atom. The maximum absolute atomic E-state index is 9.42. The first-order valence-electron chi connectivity index (χ1n) is 4.16. The Bertz CT molecular complexity index is 125. The normalized spacial score (nSPS) is 43.0. The maximum atomic E-state index is 9.42. The largest absolute Gasteiger partial charge is 0.394 e. The van der Waals surface area contributed by atoms with Gasteiger partial charge in [-0.2, -0.15) is 0 Å². The standard InChI is InChI=1S/C8H16O4/c1-5-3-6(10)8(11-2)12-7(5)4-9/h5-10H,3-4H2,1-2H3/t5-,6+,7?,8+/m0/s1. The van der Waals surface area contributed by atoms with Gasteiger partial charge in [0.05, 0.1) is 12.7 Å². The molecule has 0 amide bonds. The molecule has 1 fully saturated rings. The van der Waals surface area contributed by atoms with Crippen molar-refractivity contribution in [2.75, 3.05) is 13.7 Å². The fourth-order valence-corrected chi connectivity index (χ4v) is 1.48. The van der Waals surface area contributed by atoms with Crippen LogP contribution >= 0.6 is 0 Å². The predicted molar refractivity (Wildman–Crippen MR) is 42.5 cm³/mol. The fraction of sp³-hybridized carbons (Fsp3) is 1.00. The van der Waals surface area contributed by atoms with Gasteiger partial charge in [-0.1, -0.05) is 6.92 Å². The van der Waals surface area contributed by atoms with Crippen molar-refractivity contribution in [1.82, 2.24) is 0 Å². The minimum atomic E-state index is -0.585. The third kappa shape index (κ3) is 1.95. The van der Waals surface area contributed by atoms with Crippen LogP contribution in [0.1, 0.15) is 13.3 Å². The van der Waals surface area contributed by atoms with E-state index in [4.69, 9.17) is 14.6 Å². The molecule has 1 rings (SSSR count). The average molecular weight is 176 g/mol. The molecule has 1 aliphatic rings. The van der Waals surface area contributed by atoms with E-state index < -0.39 is 12.4 Å². The molecule has 1 unspecified atom stereocenters. The highest BCUT2D eigenvalue weighted by Gasteiger charge is 2.34. The highest BCUT2D eigenvalue weighted by atomic mass is 16.7. The summed E-state index contributed by atoms with van der Waals surface area (Å²) in [5.74, 6) is 0.177. The van der Waals surface area contributed by atoms with Crippen LogP contribution in [0.2, 0.25) is 0 Å². The van der Waals surface area contributed by atoms with Crippen molar-refractivity contribution in [3.63, 3.8) is 0 Å². The molecular formula is C8H16O4. The Morgan fingerprint density at radius 3 is 2.75 bits per heavy atom. The number of aliphatic hydroxyl groups excluding tert-OH is 2. The van der Waals surface area contributed by atoms with E-state index in [1.165, 1.54) is 7.11 Å². The zero-order valence-corrected chi connectivity index (χ0v) is 7.43. The van der Waals surface area contributed by atoms with Gasteiger partial charge in [-0.3, -0.25) is 0 Å². The second-order valence-electron chi connectivity index (χ2n) is 3.24. The number of aliphatic hydroxyl groups is 2. The van der Waals surface area contributed by atoms with Crippen molar-refractivity contribution in [1.29, 1.82) is 0 Å². The van der Waals surface area contributed by atoms with Crippen LogP contribution in [0.15, 0.2) is 0 Å². The quantitative estimate of drug-likeness (QED) is 0.608. The van der Waals surface area contributed by atoms with E-state index in [-0.39, 0.29) is 18.6 Å². The molecule has 0 radical (unpaired) electrons. The van der Waals surface area contributed by atoms with Gasteiger partial charge < -0.3 is 19.7 Å². The summed E-state index contributed by atoms with van der Waals surface area (Å²) >= 11 is 0. The van der Waals surface area contributed by atoms with Gasteiger partial charge in [-0.05, 0) is 12.3 Å². The summed E-state index contributed by atoms with van der Waals surface area (Å²) in [7, 11) is 1.48. The minimum Gasteiger partial charge on any atom is -0.394 e. The highest BCUT2D eigenvalue weighted by molar-refractivity contribution is 4.78. The molecule has 2 N–H and O–H groups in total. The lowest BCUT2D eigenvalue weighted by atomic mass is 9.94. The Labute approximate surface area is 72.1 Å². The molecule has 72 valence electrons. The Balaban J connectivity index is 2.50. The van der Waals surface area contributed by atoms with Crippen LogP contribution in [0.25, 0.3) is 0 Å². The lowest BCUT2D eigenvalue weighted by molar-refractivity contribution is -0.248. The van der Waals surface area contributed by atoms with E-state index in [0.717, 1.165) is 0 Å². The van der Waals surface area contributed by atoms with Crippen molar-refractivity contribution < 1.29 is 19.7 Å². The molecule has 4 nitrogen and oxygen atoms in total. The molecule has 0 aromatic carbocycles. The van der Waals surface area contributed by atoms with Crippen LogP contribution in [-0.4, -0.2) is 42.4 Å². The lowest BCUT2D eigenvalue weighted by Gasteiger charge is -2.36. The molecular weight excluding hydrogens is 160 g/mol. The molecule has 0 saturated carbocycles. The van der Waals surface area contributed by atoms with Gasteiger partial charge in [0.15, 0.2) is 6.29 Å². The monoisotopic (exact) mass is 176 g/mol. The zero-order chi connectivity index (χ0) is 9.14. The van der Waals surface area contributed by atoms with Gasteiger partial charge in [0.2, 0.25) is 0 Å². The summed E-state index contributed by atoms with van der Waals surface area (Å²) in [4.78, 5) is 0. The van der Waals surface area contributed by atoms with Crippen LogP contribution < -0.4 is 0 Å². The second kappa shape index (κ2) is 4.18. The van der Waals surface area contributed by atoms with Gasteiger partial charge in [0, 0.05) is 7.11 Å². The Morgan fingerprint density at radius 1 is 1.58 bits per heavy atom. The molecule has 4 atom stereocenters. The lowest BCUT2D eigenvalue weighted by Crippen LogP contribution is -2.45. The number of hydrogen-bond donors (Lipinski definition) is 2. The maximum Gasteiger partial charge on any atom is 0.183 e. The van der Waals surface area contributed by atoms with Gasteiger partial charge in [-0.15, -0.1) is 0 Å². The van der Waals surface area contributed by atoms with E-state index in [1.807, 2.05) is 6.92 Å². The summed E-state index contributed by atoms with van der Waals surface area (Å²) in [5, 5.41) is 18.3. The van der Waals surface area contributed by atoms with Crippen molar-refractivity contribution in [3.8, 4) is 0 Å². The van der Waals surface area contributed by atoms with Crippen molar-refractivity contribution >= 4 is 0 Å². The molecule has 0 bridgehead atoms. The van der Waals surface area contributed by atoms with Crippen LogP contribution in [-0.2, 0) is 9.47 Å². The predicted octanol–water partition coefficient (Wildman–Crippen LogP) is -0.263. The highest BCUT2D eigenvalue weighted by Crippen LogP contribution is 2.24. The average Bonchev–Trinajstić information content (AvgIpc) is 2.05. The molecule has 1 heterocycles. The van der Waals surface area contributed by atoms with Crippen molar-refractivity contribution in [2.24, 2.45) is 5.92 Å². The Kier molecular flexibility index (Phi) is 3.46. The SMILES string of the molecule is CO[C@@H]1OC(CO)[C@@H](C)C[C@H]1O. The van der Waals surface area contributed by atoms with Crippen molar-refractivity contribution in [2.45, 2.75) is 31.8 Å². The van der Waals surface area contributed by atoms with E-state index in [1.54, 1.807) is 0 Å². The van der Waals surface area contributed by atoms with Gasteiger partial charge in [0.1, 0.15) is 6.10 Å². The van der Waals surface area contributed by atoms with Crippen molar-refractivity contribution in [3.05, 3.63) is 0 Å². The molecule has 0 aliphatic carbocycles. The first-order valence-corrected chi connectivity index (χ1v) is 4.16. The summed E-state index contributed by atoms with van der Waals surface area (Å²) in [5.41, 5.74) is 0. The molecule has 0 aromatic rings.